The van der Waals surface area contributed by atoms with Gasteiger partial charge in [-0.2, -0.15) is 0 Å². The number of unbranched alkanes of at least 4 members (excludes halogenated alkanes) is 1. The van der Waals surface area contributed by atoms with Gasteiger partial charge in [-0.05, 0) is 77.0 Å². The number of rotatable bonds is 14. The third-order valence-corrected chi connectivity index (χ3v) is 11.4. The second kappa shape index (κ2) is 23.4. The first-order valence-corrected chi connectivity index (χ1v) is 21.8. The Balaban J connectivity index is 1.57. The molecule has 0 radical (unpaired) electrons. The van der Waals surface area contributed by atoms with E-state index < -0.39 is 95.9 Å². The molecule has 2 aliphatic rings. The average Bonchev–Trinajstić information content (AvgIpc) is 4.06. The van der Waals surface area contributed by atoms with E-state index in [0.29, 0.717) is 30.5 Å². The zero-order chi connectivity index (χ0) is 47.2. The molecule has 2 aromatic heterocycles. The number of carbonyl (C=O) groups is 7. The maximum absolute atomic E-state index is 14.6. The number of nitrogens with zero attached hydrogens (tertiary/aromatic N) is 3. The summed E-state index contributed by atoms with van der Waals surface area (Å²) in [5, 5.41) is 38.1. The van der Waals surface area contributed by atoms with Crippen LogP contribution in [0, 0.1) is 0 Å². The van der Waals surface area contributed by atoms with E-state index in [0.717, 1.165) is 10.9 Å². The maximum Gasteiger partial charge on any atom is 0.245 e. The normalized spacial score (nSPS) is 25.2. The number of aliphatic hydroxyl groups excluding tert-OH is 2. The second-order valence-corrected chi connectivity index (χ2v) is 16.5. The van der Waals surface area contributed by atoms with E-state index >= 15 is 0 Å². The highest BCUT2D eigenvalue weighted by Gasteiger charge is 2.41. The molecule has 3 aromatic rings. The van der Waals surface area contributed by atoms with E-state index in [1.165, 1.54) is 31.3 Å². The number of carbonyl (C=O) groups excluding carboxylic acids is 7. The average molecular weight is 907 g/mol. The lowest BCUT2D eigenvalue weighted by Crippen LogP contribution is -2.63. The Morgan fingerprint density at radius 1 is 0.754 bits per heavy atom. The number of aromatic amines is 2. The van der Waals surface area contributed by atoms with Crippen LogP contribution in [0.5, 0.6) is 0 Å². The van der Waals surface area contributed by atoms with Crippen molar-refractivity contribution in [3.05, 3.63) is 54.2 Å². The minimum atomic E-state index is -1.71. The summed E-state index contributed by atoms with van der Waals surface area (Å²) in [5.74, 6) is -6.00. The molecule has 0 aliphatic carbocycles. The summed E-state index contributed by atoms with van der Waals surface area (Å²) in [7, 11) is 0. The number of hydrogen-bond acceptors (Lipinski definition) is 12. The smallest absolute Gasteiger partial charge is 0.245 e. The maximum atomic E-state index is 14.6. The predicted molar refractivity (Wildman–Crippen MR) is 237 cm³/mol. The van der Waals surface area contributed by atoms with Crippen LogP contribution in [0.25, 0.3) is 10.9 Å². The van der Waals surface area contributed by atoms with Gasteiger partial charge in [0.2, 0.25) is 41.4 Å². The van der Waals surface area contributed by atoms with Gasteiger partial charge in [-0.25, -0.2) is 4.98 Å². The predicted octanol–water partition coefficient (Wildman–Crippen LogP) is -3.47. The fraction of sp³-hybridized carbons (Fsp3) is 0.548. The molecular formula is C42H62N14O9. The van der Waals surface area contributed by atoms with Crippen molar-refractivity contribution >= 4 is 58.2 Å². The van der Waals surface area contributed by atoms with Gasteiger partial charge in [0.05, 0.1) is 18.5 Å². The summed E-state index contributed by atoms with van der Waals surface area (Å²) in [6, 6.07) is -2.51. The molecule has 4 heterocycles. The summed E-state index contributed by atoms with van der Waals surface area (Å²) in [6.07, 6.45) is 2.88. The Kier molecular flexibility index (Phi) is 17.8. The SMILES string of the molecule is CC(O)C1NC(=O)C(Cc2c[nH]c3ccccc23)NC(=O)C2CCCN2C(=O)C(CCCN=C(N)N)NC(=O)C(Cc2cnc[nH]2)NC(=O)C(CCCCN)NC(=O)C(C(C)O)NC1=O. The fourth-order valence-electron chi connectivity index (χ4n) is 7.96. The molecule has 7 amide bonds. The number of para-hydroxylation sites is 1. The Bertz CT molecular complexity index is 2160. The minimum Gasteiger partial charge on any atom is -0.391 e. The second-order valence-electron chi connectivity index (χ2n) is 16.5. The minimum absolute atomic E-state index is 0.0166. The highest BCUT2D eigenvalue weighted by molar-refractivity contribution is 5.99. The van der Waals surface area contributed by atoms with E-state index in [4.69, 9.17) is 17.2 Å². The van der Waals surface area contributed by atoms with Crippen molar-refractivity contribution in [3.63, 3.8) is 0 Å². The van der Waals surface area contributed by atoms with Crippen molar-refractivity contribution in [3.8, 4) is 0 Å². The molecule has 0 spiro atoms. The van der Waals surface area contributed by atoms with Crippen molar-refractivity contribution in [2.24, 2.45) is 22.2 Å². The van der Waals surface area contributed by atoms with Crippen LogP contribution >= 0.6 is 0 Å². The number of aliphatic imine (C=N–C) groups is 1. The highest BCUT2D eigenvalue weighted by atomic mass is 16.3. The van der Waals surface area contributed by atoms with Crippen LogP contribution in [-0.4, -0.2) is 152 Å². The molecule has 1 aromatic carbocycles. The first-order valence-electron chi connectivity index (χ1n) is 21.8. The van der Waals surface area contributed by atoms with Crippen LogP contribution in [0.4, 0.5) is 0 Å². The molecule has 9 atom stereocenters. The van der Waals surface area contributed by atoms with Gasteiger partial charge in [-0.15, -0.1) is 0 Å². The van der Waals surface area contributed by atoms with Crippen LogP contribution in [0.1, 0.15) is 70.1 Å². The summed E-state index contributed by atoms with van der Waals surface area (Å²) >= 11 is 0. The first-order chi connectivity index (χ1) is 31.1. The molecule has 0 bridgehead atoms. The van der Waals surface area contributed by atoms with Gasteiger partial charge >= 0.3 is 0 Å². The lowest BCUT2D eigenvalue weighted by Gasteiger charge is -2.31. The molecule has 5 rings (SSSR count). The molecule has 0 saturated carbocycles. The van der Waals surface area contributed by atoms with Gasteiger partial charge in [0.15, 0.2) is 5.96 Å². The van der Waals surface area contributed by atoms with Crippen molar-refractivity contribution in [2.45, 2.75) is 126 Å². The highest BCUT2D eigenvalue weighted by Crippen LogP contribution is 2.23. The third-order valence-electron chi connectivity index (χ3n) is 11.4. The monoisotopic (exact) mass is 906 g/mol. The summed E-state index contributed by atoms with van der Waals surface area (Å²) in [5.41, 5.74) is 18.6. The number of amides is 7. The number of guanidine groups is 1. The van der Waals surface area contributed by atoms with Gasteiger partial charge in [-0.3, -0.25) is 38.6 Å². The van der Waals surface area contributed by atoms with Crippen molar-refractivity contribution in [1.29, 1.82) is 0 Å². The van der Waals surface area contributed by atoms with Crippen LogP contribution in [0.3, 0.4) is 0 Å². The molecule has 2 aliphatic heterocycles. The quantitative estimate of drug-likeness (QED) is 0.0426. The molecule has 23 nitrogen and oxygen atoms in total. The number of fused-ring (bicyclic) bond motifs is 2. The number of imidazole rings is 1. The van der Waals surface area contributed by atoms with E-state index in [2.05, 4.69) is 51.8 Å². The number of benzene rings is 1. The summed E-state index contributed by atoms with van der Waals surface area (Å²) in [6.45, 7) is 2.97. The number of nitrogens with two attached hydrogens (primary N) is 3. The zero-order valence-electron chi connectivity index (χ0n) is 36.5. The molecule has 2 fully saturated rings. The van der Waals surface area contributed by atoms with Gasteiger partial charge < -0.3 is 74.2 Å². The van der Waals surface area contributed by atoms with E-state index in [-0.39, 0.29) is 64.1 Å². The molecule has 354 valence electrons. The Morgan fingerprint density at radius 2 is 1.35 bits per heavy atom. The van der Waals surface area contributed by atoms with E-state index in [1.54, 1.807) is 12.3 Å². The largest absolute Gasteiger partial charge is 0.391 e. The van der Waals surface area contributed by atoms with Gasteiger partial charge in [-0.1, -0.05) is 18.2 Å². The molecule has 65 heavy (non-hydrogen) atoms. The van der Waals surface area contributed by atoms with Crippen LogP contribution in [0.2, 0.25) is 0 Å². The molecule has 23 heteroatoms. The Morgan fingerprint density at radius 3 is 2.03 bits per heavy atom. The lowest BCUT2D eigenvalue weighted by atomic mass is 10.0. The van der Waals surface area contributed by atoms with Crippen molar-refractivity contribution < 1.29 is 43.8 Å². The molecular weight excluding hydrogens is 845 g/mol. The number of nitrogens with one attached hydrogen (secondary N) is 8. The van der Waals surface area contributed by atoms with Crippen LogP contribution in [0.15, 0.2) is 48.0 Å². The first kappa shape index (κ1) is 49.4. The summed E-state index contributed by atoms with van der Waals surface area (Å²) < 4.78 is 0. The van der Waals surface area contributed by atoms with Crippen LogP contribution in [-0.2, 0) is 46.4 Å². The number of aromatic nitrogens is 3. The Labute approximate surface area is 375 Å². The standard InChI is InChI=1S/C42H62N14O9/c1-22(57)33-39(63)50-28(11-5-6-14-43)35(59)52-31(18-25-20-46-21-49-25)36(60)51-29(12-7-15-47-42(44)45)41(65)56-16-8-13-32(56)38(62)53-30(37(61)54-34(23(2)58)40(64)55-33)17-24-19-48-27-10-4-3-9-26(24)27/h3-4,9-10,19-23,28-34,48,57-58H,5-8,11-18,43H2,1-2H3,(H,46,49)(H,50,63)(H,51,60)(H,52,59)(H,53,62)(H,54,61)(H,55,64)(H4,44,45,47). The van der Waals surface area contributed by atoms with E-state index in [9.17, 15) is 43.8 Å². The molecule has 16 N–H and O–H groups in total. The van der Waals surface area contributed by atoms with Gasteiger partial charge in [0, 0.05) is 54.9 Å². The molecule has 2 saturated heterocycles. The van der Waals surface area contributed by atoms with Crippen molar-refractivity contribution in [2.75, 3.05) is 19.6 Å². The summed E-state index contributed by atoms with van der Waals surface area (Å²) in [4.78, 5) is 115. The van der Waals surface area contributed by atoms with Crippen LogP contribution < -0.4 is 49.1 Å². The topological polar surface area (TPSA) is 370 Å². The van der Waals surface area contributed by atoms with Gasteiger partial charge in [0.1, 0.15) is 42.3 Å². The number of H-pyrrole nitrogens is 2. The number of aliphatic hydroxyl groups is 2. The molecule has 9 unspecified atom stereocenters. The fourth-order valence-corrected chi connectivity index (χ4v) is 7.96. The van der Waals surface area contributed by atoms with Crippen molar-refractivity contribution in [1.82, 2.24) is 51.8 Å². The van der Waals surface area contributed by atoms with E-state index in [1.807, 2.05) is 18.2 Å². The number of hydrogen-bond donors (Lipinski definition) is 13. The third kappa shape index (κ3) is 13.5. The lowest BCUT2D eigenvalue weighted by molar-refractivity contribution is -0.142. The zero-order valence-corrected chi connectivity index (χ0v) is 36.5. The Hall–Kier alpha value is -6.59. The van der Waals surface area contributed by atoms with Gasteiger partial charge in [0.25, 0.3) is 0 Å².